The van der Waals surface area contributed by atoms with Gasteiger partial charge in [0.1, 0.15) is 4.88 Å². The number of nitrogens with one attached hydrogen (secondary N) is 1. The summed E-state index contributed by atoms with van der Waals surface area (Å²) < 4.78 is 4.94. The Morgan fingerprint density at radius 2 is 2.00 bits per heavy atom. The highest BCUT2D eigenvalue weighted by atomic mass is 32.1. The van der Waals surface area contributed by atoms with E-state index in [9.17, 15) is 9.59 Å². The molecule has 0 bridgehead atoms. The van der Waals surface area contributed by atoms with Crippen LogP contribution in [0.3, 0.4) is 0 Å². The Hall–Kier alpha value is -2.87. The van der Waals surface area contributed by atoms with E-state index in [1.54, 1.807) is 31.5 Å². The number of anilines is 2. The number of allylic oxidation sites excluding steroid dienone is 1. The number of ether oxygens (including phenoxy) is 1. The SMILES string of the molecule is COC(=O)C1=C(C)Nc2sc(C(N)=O)c(N)c2[C@@H]1c1ccncc1. The largest absolute Gasteiger partial charge is 0.466 e. The van der Waals surface area contributed by atoms with Crippen molar-refractivity contribution in [2.24, 2.45) is 5.73 Å². The number of nitrogens with two attached hydrogens (primary N) is 2. The highest BCUT2D eigenvalue weighted by molar-refractivity contribution is 7.18. The number of thiophene rings is 1. The van der Waals surface area contributed by atoms with E-state index in [0.717, 1.165) is 5.56 Å². The first-order valence-corrected chi connectivity index (χ1v) is 7.95. The Morgan fingerprint density at radius 1 is 1.33 bits per heavy atom. The van der Waals surface area contributed by atoms with Crippen LogP contribution in [0.15, 0.2) is 35.8 Å². The van der Waals surface area contributed by atoms with Gasteiger partial charge in [0.2, 0.25) is 0 Å². The highest BCUT2D eigenvalue weighted by Gasteiger charge is 2.37. The van der Waals surface area contributed by atoms with Crippen LogP contribution in [0.5, 0.6) is 0 Å². The molecule has 1 atom stereocenters. The number of rotatable bonds is 3. The molecule has 0 spiro atoms. The third kappa shape index (κ3) is 2.41. The van der Waals surface area contributed by atoms with Gasteiger partial charge in [-0.1, -0.05) is 0 Å². The Bertz CT molecular complexity index is 858. The molecule has 0 saturated heterocycles. The molecule has 0 radical (unpaired) electrons. The number of fused-ring (bicyclic) bond motifs is 1. The predicted octanol–water partition coefficient (Wildman–Crippen LogP) is 1.83. The molecule has 0 aromatic carbocycles. The van der Waals surface area contributed by atoms with E-state index in [1.165, 1.54) is 18.4 Å². The summed E-state index contributed by atoms with van der Waals surface area (Å²) in [6, 6.07) is 3.61. The van der Waals surface area contributed by atoms with E-state index < -0.39 is 17.8 Å². The molecule has 5 N–H and O–H groups in total. The van der Waals surface area contributed by atoms with E-state index in [2.05, 4.69) is 10.3 Å². The zero-order valence-electron chi connectivity index (χ0n) is 13.1. The van der Waals surface area contributed by atoms with Gasteiger partial charge in [0.25, 0.3) is 5.91 Å². The van der Waals surface area contributed by atoms with Gasteiger partial charge >= 0.3 is 5.97 Å². The number of nitrogen functional groups attached to an aromatic ring is 1. The van der Waals surface area contributed by atoms with Crippen LogP contribution < -0.4 is 16.8 Å². The van der Waals surface area contributed by atoms with Crippen LogP contribution in [0.4, 0.5) is 10.7 Å². The molecule has 0 saturated carbocycles. The molecule has 2 aromatic rings. The molecule has 0 fully saturated rings. The molecule has 8 heteroatoms. The summed E-state index contributed by atoms with van der Waals surface area (Å²) in [7, 11) is 1.33. The average molecular weight is 344 g/mol. The zero-order valence-corrected chi connectivity index (χ0v) is 13.9. The topological polar surface area (TPSA) is 120 Å². The summed E-state index contributed by atoms with van der Waals surface area (Å²) in [5.74, 6) is -1.51. The van der Waals surface area contributed by atoms with Crippen molar-refractivity contribution in [2.75, 3.05) is 18.2 Å². The number of esters is 1. The number of aromatic nitrogens is 1. The van der Waals surface area contributed by atoms with Crippen molar-refractivity contribution in [2.45, 2.75) is 12.8 Å². The standard InChI is InChI=1S/C16H16N4O3S/c1-7-9(16(22)23-2)10(8-3-5-19-6-4-8)11-12(17)13(14(18)21)24-15(11)20-7/h3-6,10,20H,17H2,1-2H3,(H2,18,21)/t10-/m1/s1. The molecule has 1 aliphatic rings. The van der Waals surface area contributed by atoms with Gasteiger partial charge in [-0.3, -0.25) is 9.78 Å². The molecule has 0 unspecified atom stereocenters. The Balaban J connectivity index is 2.28. The van der Waals surface area contributed by atoms with Crippen molar-refractivity contribution in [3.8, 4) is 0 Å². The van der Waals surface area contributed by atoms with Crippen LogP contribution >= 0.6 is 11.3 Å². The van der Waals surface area contributed by atoms with Crippen LogP contribution in [0.1, 0.15) is 33.6 Å². The normalized spacial score (nSPS) is 16.3. The van der Waals surface area contributed by atoms with Crippen molar-refractivity contribution in [3.63, 3.8) is 0 Å². The first-order chi connectivity index (χ1) is 11.5. The van der Waals surface area contributed by atoms with Gasteiger partial charge in [-0.2, -0.15) is 0 Å². The van der Waals surface area contributed by atoms with Crippen molar-refractivity contribution < 1.29 is 14.3 Å². The minimum absolute atomic E-state index is 0.269. The van der Waals surface area contributed by atoms with Gasteiger partial charge in [-0.25, -0.2) is 4.79 Å². The quantitative estimate of drug-likeness (QED) is 0.731. The Labute approximate surface area is 142 Å². The molecule has 1 amide bonds. The molecular formula is C16H16N4O3S. The molecule has 1 aliphatic heterocycles. The van der Waals surface area contributed by atoms with Gasteiger partial charge in [0.05, 0.1) is 23.4 Å². The molecule has 2 aromatic heterocycles. The van der Waals surface area contributed by atoms with Crippen LogP contribution in [0.2, 0.25) is 0 Å². The van der Waals surface area contributed by atoms with E-state index >= 15 is 0 Å². The fraction of sp³-hybridized carbons (Fsp3) is 0.188. The van der Waals surface area contributed by atoms with Gasteiger partial charge in [-0.15, -0.1) is 11.3 Å². The second kappa shape index (κ2) is 5.97. The lowest BCUT2D eigenvalue weighted by Gasteiger charge is -2.28. The zero-order chi connectivity index (χ0) is 17.4. The first-order valence-electron chi connectivity index (χ1n) is 7.13. The first kappa shape index (κ1) is 16.0. The lowest BCUT2D eigenvalue weighted by Crippen LogP contribution is -2.23. The maximum atomic E-state index is 12.4. The van der Waals surface area contributed by atoms with Crippen molar-refractivity contribution >= 4 is 33.9 Å². The summed E-state index contributed by atoms with van der Waals surface area (Å²) in [4.78, 5) is 28.3. The van der Waals surface area contributed by atoms with E-state index in [0.29, 0.717) is 21.8 Å². The van der Waals surface area contributed by atoms with Crippen molar-refractivity contribution in [3.05, 3.63) is 51.8 Å². The number of hydrogen-bond acceptors (Lipinski definition) is 7. The third-order valence-corrected chi connectivity index (χ3v) is 5.09. The van der Waals surface area contributed by atoms with E-state index in [-0.39, 0.29) is 10.6 Å². The average Bonchev–Trinajstić information content (AvgIpc) is 2.90. The second-order valence-corrected chi connectivity index (χ2v) is 6.34. The molecule has 7 nitrogen and oxygen atoms in total. The van der Waals surface area contributed by atoms with Crippen molar-refractivity contribution in [1.82, 2.24) is 4.98 Å². The number of pyridine rings is 1. The monoisotopic (exact) mass is 344 g/mol. The summed E-state index contributed by atoms with van der Waals surface area (Å²) in [6.45, 7) is 1.78. The number of carbonyl (C=O) groups is 2. The maximum Gasteiger partial charge on any atom is 0.336 e. The predicted molar refractivity (Wildman–Crippen MR) is 91.7 cm³/mol. The minimum Gasteiger partial charge on any atom is -0.466 e. The van der Waals surface area contributed by atoms with E-state index in [1.807, 2.05) is 0 Å². The minimum atomic E-state index is -0.598. The molecule has 3 rings (SSSR count). The molecule has 24 heavy (non-hydrogen) atoms. The molecule has 124 valence electrons. The van der Waals surface area contributed by atoms with Gasteiger partial charge in [-0.05, 0) is 24.6 Å². The molecular weight excluding hydrogens is 328 g/mol. The lowest BCUT2D eigenvalue weighted by molar-refractivity contribution is -0.136. The smallest absolute Gasteiger partial charge is 0.336 e. The van der Waals surface area contributed by atoms with Crippen molar-refractivity contribution in [1.29, 1.82) is 0 Å². The maximum absolute atomic E-state index is 12.4. The fourth-order valence-corrected chi connectivity index (χ4v) is 3.95. The van der Waals surface area contributed by atoms with Crippen LogP contribution in [0.25, 0.3) is 0 Å². The van der Waals surface area contributed by atoms with Crippen LogP contribution in [0, 0.1) is 0 Å². The summed E-state index contributed by atoms with van der Waals surface area (Å²) in [5.41, 5.74) is 14.5. The molecule has 0 aliphatic carbocycles. The number of nitrogens with zero attached hydrogens (tertiary/aromatic N) is 1. The van der Waals surface area contributed by atoms with Gasteiger partial charge < -0.3 is 21.5 Å². The number of carbonyl (C=O) groups excluding carboxylic acids is 2. The number of methoxy groups -OCH3 is 1. The van der Waals surface area contributed by atoms with Crippen LogP contribution in [-0.2, 0) is 9.53 Å². The Morgan fingerprint density at radius 3 is 2.58 bits per heavy atom. The van der Waals surface area contributed by atoms with Gasteiger partial charge in [0, 0.05) is 29.6 Å². The summed E-state index contributed by atoms with van der Waals surface area (Å²) in [6.07, 6.45) is 3.28. The van der Waals surface area contributed by atoms with Crippen LogP contribution in [-0.4, -0.2) is 24.0 Å². The van der Waals surface area contributed by atoms with Gasteiger partial charge in [0.15, 0.2) is 0 Å². The summed E-state index contributed by atoms with van der Waals surface area (Å²) in [5, 5.41) is 3.84. The number of primary amides is 1. The number of hydrogen-bond donors (Lipinski definition) is 3. The lowest BCUT2D eigenvalue weighted by atomic mass is 9.82. The third-order valence-electron chi connectivity index (χ3n) is 3.93. The molecule has 3 heterocycles. The summed E-state index contributed by atoms with van der Waals surface area (Å²) >= 11 is 1.18. The van der Waals surface area contributed by atoms with E-state index in [4.69, 9.17) is 16.2 Å². The second-order valence-electron chi connectivity index (χ2n) is 5.32. The highest BCUT2D eigenvalue weighted by Crippen LogP contribution is 2.49. The number of amides is 1. The Kier molecular flexibility index (Phi) is 3.98. The fourth-order valence-electron chi connectivity index (χ4n) is 2.89.